The maximum atomic E-state index is 15.2. The van der Waals surface area contributed by atoms with Crippen LogP contribution in [0.15, 0.2) is 12.7 Å². The van der Waals surface area contributed by atoms with Crippen LogP contribution in [0.1, 0.15) is 33.9 Å². The van der Waals surface area contributed by atoms with E-state index in [0.717, 1.165) is 0 Å². The van der Waals surface area contributed by atoms with Gasteiger partial charge >= 0.3 is 10.2 Å². The van der Waals surface area contributed by atoms with Gasteiger partial charge in [0, 0.05) is 27.6 Å². The van der Waals surface area contributed by atoms with Crippen LogP contribution in [0.4, 0.5) is 19.0 Å². The van der Waals surface area contributed by atoms with Gasteiger partial charge in [0.1, 0.15) is 33.8 Å². The molecule has 10 nitrogen and oxygen atoms in total. The number of fused-ring (bicyclic) bond motifs is 1. The molecule has 39 heavy (non-hydrogen) atoms. The summed E-state index contributed by atoms with van der Waals surface area (Å²) in [6.45, 7) is 5.38. The van der Waals surface area contributed by atoms with Crippen LogP contribution in [0, 0.1) is 36.2 Å². The molecule has 202 valence electrons. The van der Waals surface area contributed by atoms with E-state index in [4.69, 9.17) is 10.5 Å². The number of carbonyl (C=O) groups excluding carboxylic acids is 2. The Balaban J connectivity index is 1.87. The number of nitrogens with zero attached hydrogens (tertiary/aromatic N) is 5. The highest BCUT2D eigenvalue weighted by Gasteiger charge is 2.56. The van der Waals surface area contributed by atoms with E-state index in [9.17, 15) is 18.4 Å². The molecule has 1 saturated heterocycles. The van der Waals surface area contributed by atoms with E-state index >= 15 is 4.39 Å². The first-order chi connectivity index (χ1) is 18.4. The summed E-state index contributed by atoms with van der Waals surface area (Å²) in [5.74, 6) is -0.0440. The first kappa shape index (κ1) is 27.9. The molecule has 3 heterocycles. The number of hydrogen-bond donors (Lipinski definition) is 2. The number of anilines is 1. The van der Waals surface area contributed by atoms with Gasteiger partial charge in [-0.1, -0.05) is 12.5 Å². The van der Waals surface area contributed by atoms with Gasteiger partial charge in [0.2, 0.25) is 5.91 Å². The van der Waals surface area contributed by atoms with Gasteiger partial charge in [-0.05, 0) is 18.9 Å². The molecule has 2 amide bonds. The van der Waals surface area contributed by atoms with Crippen LogP contribution in [0.2, 0.25) is 0 Å². The number of methoxy groups -OCH3 is 1. The summed E-state index contributed by atoms with van der Waals surface area (Å²) in [7, 11) is 8.17. The maximum Gasteiger partial charge on any atom is 0.742 e. The number of aryl methyl sites for hydroxylation is 2. The highest BCUT2D eigenvalue weighted by atomic mass is 28.1. The monoisotopic (exact) mass is 556 g/mol. The lowest BCUT2D eigenvalue weighted by molar-refractivity contribution is -0.127. The molecule has 0 saturated carbocycles. The van der Waals surface area contributed by atoms with Crippen molar-refractivity contribution in [2.75, 3.05) is 32.6 Å². The summed E-state index contributed by atoms with van der Waals surface area (Å²) >= 11 is 0. The lowest BCUT2D eigenvalue weighted by atomic mass is 10.1. The third-order valence-electron chi connectivity index (χ3n) is 6.71. The number of carbonyl (C=O) groups is 2. The molecule has 4 rings (SSSR count). The number of halogens is 3. The van der Waals surface area contributed by atoms with E-state index in [1.54, 1.807) is 0 Å². The number of likely N-dealkylation sites (tertiary alicyclic amines) is 1. The standard InChI is InChI=1S/C25H25F3N7O3Si/c1-6-16(36)34-11-25(39,9-13(34)10-38-5)35-24(30-3)17(23(29)37)15(32-35)8-7-14-18(26)20(28)22-21(19(14)27)31-12(2)33(22)4/h6,13,30H,1,9-11H2,2-5H3,(H2,29,37)/q+1/t13-,25-/m1/s1. The molecule has 1 aliphatic heterocycles. The Bertz CT molecular complexity index is 1590. The van der Waals surface area contributed by atoms with Crippen molar-refractivity contribution >= 4 is 38.9 Å². The Labute approximate surface area is 225 Å². The molecule has 0 spiro atoms. The molecule has 2 radical (unpaired) electrons. The summed E-state index contributed by atoms with van der Waals surface area (Å²) in [6.07, 6.45) is 1.49. The van der Waals surface area contributed by atoms with Crippen molar-refractivity contribution in [3.63, 3.8) is 0 Å². The number of rotatable bonds is 6. The first-order valence-electron chi connectivity index (χ1n) is 11.7. The van der Waals surface area contributed by atoms with E-state index in [0.29, 0.717) is 6.42 Å². The molecular weight excluding hydrogens is 531 g/mol. The lowest BCUT2D eigenvalue weighted by Crippen LogP contribution is -2.41. The fraction of sp³-hybridized carbons (Fsp3) is 0.360. The molecule has 3 N–H and O–H groups in total. The molecule has 1 aliphatic rings. The number of hydrogen-bond acceptors (Lipinski definition) is 6. The minimum atomic E-state index is -1.50. The molecule has 0 aliphatic carbocycles. The van der Waals surface area contributed by atoms with Crippen LogP contribution < -0.4 is 11.1 Å². The van der Waals surface area contributed by atoms with Crippen LogP contribution >= 0.6 is 0 Å². The molecule has 0 unspecified atom stereocenters. The minimum Gasteiger partial charge on any atom is -0.383 e. The smallest absolute Gasteiger partial charge is 0.383 e. The summed E-state index contributed by atoms with van der Waals surface area (Å²) < 4.78 is 52.8. The largest absolute Gasteiger partial charge is 0.742 e. The van der Waals surface area contributed by atoms with Gasteiger partial charge < -0.3 is 25.3 Å². The van der Waals surface area contributed by atoms with Crippen LogP contribution in [-0.2, 0) is 21.7 Å². The molecule has 3 aromatic rings. The van der Waals surface area contributed by atoms with E-state index in [1.807, 2.05) is 0 Å². The number of benzene rings is 1. The number of primary amides is 1. The van der Waals surface area contributed by atoms with E-state index < -0.39 is 34.1 Å². The second-order valence-corrected chi connectivity index (χ2v) is 10.0. The predicted molar refractivity (Wildman–Crippen MR) is 138 cm³/mol. The predicted octanol–water partition coefficient (Wildman–Crippen LogP) is 1.29. The molecule has 1 aromatic carbocycles. The normalized spacial score (nSPS) is 18.7. The van der Waals surface area contributed by atoms with Crippen molar-refractivity contribution in [1.29, 1.82) is 0 Å². The number of aromatic nitrogens is 4. The number of nitrogens with two attached hydrogens (primary N) is 1. The van der Waals surface area contributed by atoms with E-state index in [-0.39, 0.29) is 59.0 Å². The maximum absolute atomic E-state index is 15.2. The van der Waals surface area contributed by atoms with Gasteiger partial charge in [-0.15, -0.1) is 0 Å². The Kier molecular flexibility index (Phi) is 7.33. The molecule has 1 fully saturated rings. The Hall–Kier alpha value is -4.09. The molecule has 2 aromatic heterocycles. The topological polar surface area (TPSA) is 120 Å². The van der Waals surface area contributed by atoms with Crippen LogP contribution in [-0.4, -0.2) is 79.6 Å². The number of imidazole rings is 1. The second kappa shape index (κ2) is 10.2. The molecule has 0 bridgehead atoms. The summed E-state index contributed by atoms with van der Waals surface area (Å²) in [6, 6.07) is -0.363. The highest BCUT2D eigenvalue weighted by molar-refractivity contribution is 6.15. The van der Waals surface area contributed by atoms with Crippen molar-refractivity contribution in [2.45, 2.75) is 24.5 Å². The van der Waals surface area contributed by atoms with Crippen LogP contribution in [0.25, 0.3) is 11.0 Å². The summed E-state index contributed by atoms with van der Waals surface area (Å²) in [5, 5.41) is 6.23. The van der Waals surface area contributed by atoms with Crippen molar-refractivity contribution < 1.29 is 27.5 Å². The van der Waals surface area contributed by atoms with Crippen molar-refractivity contribution in [1.82, 2.24) is 24.2 Å². The summed E-state index contributed by atoms with van der Waals surface area (Å²) in [4.78, 5) is 30.5. The van der Waals surface area contributed by atoms with Gasteiger partial charge in [-0.2, -0.15) is 5.10 Å². The second-order valence-electron chi connectivity index (χ2n) is 9.10. The fourth-order valence-corrected chi connectivity index (χ4v) is 5.37. The van der Waals surface area contributed by atoms with Crippen molar-refractivity contribution in [3.05, 3.63) is 52.8 Å². The highest BCUT2D eigenvalue weighted by Crippen LogP contribution is 2.35. The number of amides is 2. The quantitative estimate of drug-likeness (QED) is 0.204. The Morgan fingerprint density at radius 3 is 2.59 bits per heavy atom. The number of nitrogens with one attached hydrogen (secondary N) is 1. The average molecular weight is 557 g/mol. The van der Waals surface area contributed by atoms with Crippen molar-refractivity contribution in [2.24, 2.45) is 12.8 Å². The third kappa shape index (κ3) is 4.47. The van der Waals surface area contributed by atoms with Gasteiger partial charge in [0.05, 0.1) is 19.2 Å². The van der Waals surface area contributed by atoms with Crippen molar-refractivity contribution in [3.8, 4) is 11.8 Å². The molecular formula is C25H25F3N7O3Si+. The minimum absolute atomic E-state index is 0.106. The zero-order valence-electron chi connectivity index (χ0n) is 21.7. The average Bonchev–Trinajstić information content (AvgIpc) is 3.54. The van der Waals surface area contributed by atoms with Crippen LogP contribution in [0.3, 0.4) is 0 Å². The third-order valence-corrected chi connectivity index (χ3v) is 7.28. The van der Waals surface area contributed by atoms with E-state index in [1.165, 1.54) is 48.4 Å². The van der Waals surface area contributed by atoms with Gasteiger partial charge in [-0.3, -0.25) is 9.59 Å². The van der Waals surface area contributed by atoms with Gasteiger partial charge in [0.25, 0.3) is 11.1 Å². The number of ether oxygens (including phenoxy) is 1. The van der Waals surface area contributed by atoms with Gasteiger partial charge in [-0.25, -0.2) is 22.8 Å². The molecule has 2 atom stereocenters. The van der Waals surface area contributed by atoms with Crippen LogP contribution in [0.5, 0.6) is 0 Å². The Morgan fingerprint density at radius 2 is 2.00 bits per heavy atom. The molecule has 14 heteroatoms. The SMILES string of the molecule is C=CC(=O)N1C[C@@]([Si+])(n2nc(C#Cc3c(F)c(F)c4c(nc(C)n4C)c3F)c(C(N)=O)c2NC)C[C@@H]1COC. The zero-order valence-corrected chi connectivity index (χ0v) is 22.7. The summed E-state index contributed by atoms with van der Waals surface area (Å²) in [5.41, 5.74) is 3.68. The zero-order chi connectivity index (χ0) is 28.8. The van der Waals surface area contributed by atoms with E-state index in [2.05, 4.69) is 44.1 Å². The fourth-order valence-electron chi connectivity index (χ4n) is 4.80. The van der Waals surface area contributed by atoms with Gasteiger partial charge in [0.15, 0.2) is 23.1 Å². The first-order valence-corrected chi connectivity index (χ1v) is 12.2. The lowest BCUT2D eigenvalue weighted by Gasteiger charge is -2.21. The Morgan fingerprint density at radius 1 is 1.31 bits per heavy atom.